The second kappa shape index (κ2) is 5.96. The van der Waals surface area contributed by atoms with Crippen LogP contribution in [0.5, 0.6) is 0 Å². The van der Waals surface area contributed by atoms with E-state index in [1.54, 1.807) is 13.0 Å². The van der Waals surface area contributed by atoms with Crippen molar-refractivity contribution in [2.45, 2.75) is 51.9 Å². The Hall–Kier alpha value is -1.31. The third-order valence-corrected chi connectivity index (χ3v) is 4.84. The highest BCUT2D eigenvalue weighted by Gasteiger charge is 2.52. The predicted molar refractivity (Wildman–Crippen MR) is 86.7 cm³/mol. The number of hydrogen-bond acceptors (Lipinski definition) is 3. The highest BCUT2D eigenvalue weighted by Crippen LogP contribution is 2.37. The van der Waals surface area contributed by atoms with Gasteiger partial charge in [0, 0.05) is 5.46 Å². The van der Waals surface area contributed by atoms with Gasteiger partial charge >= 0.3 is 13.2 Å². The van der Waals surface area contributed by atoms with Crippen molar-refractivity contribution in [1.29, 1.82) is 0 Å². The minimum atomic E-state index is -1.20. The van der Waals surface area contributed by atoms with Gasteiger partial charge in [-0.3, -0.25) is 0 Å². The number of rotatable bonds is 3. The quantitative estimate of drug-likeness (QED) is 0.828. The molecular formula is C15H20BClFNO4. The number of carbonyl (C=O) groups is 1. The molecule has 1 aromatic carbocycles. The second-order valence-corrected chi connectivity index (χ2v) is 7.01. The first-order valence-electron chi connectivity index (χ1n) is 7.29. The summed E-state index contributed by atoms with van der Waals surface area (Å²) in [5.74, 6) is -0.665. The van der Waals surface area contributed by atoms with E-state index in [4.69, 9.17) is 26.0 Å². The molecule has 5 nitrogen and oxygen atoms in total. The molecule has 1 aromatic rings. The summed E-state index contributed by atoms with van der Waals surface area (Å²) < 4.78 is 26.3. The van der Waals surface area contributed by atoms with Crippen molar-refractivity contribution in [2.75, 3.05) is 0 Å². The van der Waals surface area contributed by atoms with Crippen LogP contribution < -0.4 is 10.8 Å². The van der Waals surface area contributed by atoms with Gasteiger partial charge in [-0.25, -0.2) is 9.18 Å². The molecule has 1 aliphatic heterocycles. The number of hydrogen-bond donors (Lipinski definition) is 2. The molecule has 1 heterocycles. The van der Waals surface area contributed by atoms with Crippen molar-refractivity contribution in [3.8, 4) is 0 Å². The van der Waals surface area contributed by atoms with Crippen molar-refractivity contribution in [2.24, 2.45) is 0 Å². The smallest absolute Gasteiger partial charge is 0.465 e. The average molecular weight is 344 g/mol. The molecule has 1 saturated heterocycles. The van der Waals surface area contributed by atoms with Crippen LogP contribution >= 0.6 is 11.6 Å². The van der Waals surface area contributed by atoms with Gasteiger partial charge in [0.1, 0.15) is 5.82 Å². The summed E-state index contributed by atoms with van der Waals surface area (Å²) in [5, 5.41) is 10.9. The minimum absolute atomic E-state index is 0.140. The van der Waals surface area contributed by atoms with Crippen LogP contribution in [-0.2, 0) is 9.31 Å². The topological polar surface area (TPSA) is 67.8 Å². The number of amides is 1. The van der Waals surface area contributed by atoms with Crippen LogP contribution in [0.15, 0.2) is 12.1 Å². The van der Waals surface area contributed by atoms with Crippen LogP contribution in [0.2, 0.25) is 5.02 Å². The molecule has 0 spiro atoms. The zero-order valence-electron chi connectivity index (χ0n) is 13.7. The molecule has 1 aliphatic rings. The van der Waals surface area contributed by atoms with Crippen molar-refractivity contribution in [3.05, 3.63) is 28.5 Å². The van der Waals surface area contributed by atoms with E-state index >= 15 is 0 Å². The summed E-state index contributed by atoms with van der Waals surface area (Å²) in [4.78, 5) is 10.7. The SMILES string of the molecule is CC(NC(=O)O)c1ccc(B2OC(C)(C)C(C)(C)O2)c(F)c1Cl. The number of nitrogens with one attached hydrogen (secondary N) is 1. The summed E-state index contributed by atoms with van der Waals surface area (Å²) >= 11 is 6.08. The molecule has 1 atom stereocenters. The summed E-state index contributed by atoms with van der Waals surface area (Å²) in [6.45, 7) is 9.09. The molecule has 1 fully saturated rings. The minimum Gasteiger partial charge on any atom is -0.465 e. The monoisotopic (exact) mass is 343 g/mol. The van der Waals surface area contributed by atoms with Crippen LogP contribution in [-0.4, -0.2) is 29.5 Å². The lowest BCUT2D eigenvalue weighted by molar-refractivity contribution is 0.00578. The Balaban J connectivity index is 2.33. The van der Waals surface area contributed by atoms with Gasteiger partial charge in [-0.1, -0.05) is 23.7 Å². The normalized spacial score (nSPS) is 20.4. The second-order valence-electron chi connectivity index (χ2n) is 6.63. The fraction of sp³-hybridized carbons (Fsp3) is 0.533. The van der Waals surface area contributed by atoms with Gasteiger partial charge in [-0.15, -0.1) is 0 Å². The molecule has 2 N–H and O–H groups in total. The molecule has 8 heteroatoms. The average Bonchev–Trinajstić information content (AvgIpc) is 2.60. The van der Waals surface area contributed by atoms with E-state index in [2.05, 4.69) is 5.32 Å². The van der Waals surface area contributed by atoms with E-state index in [-0.39, 0.29) is 10.5 Å². The summed E-state index contributed by atoms with van der Waals surface area (Å²) in [7, 11) is -0.866. The molecule has 1 amide bonds. The molecule has 2 rings (SSSR count). The zero-order chi connectivity index (χ0) is 17.6. The van der Waals surface area contributed by atoms with Crippen LogP contribution in [0, 0.1) is 5.82 Å². The molecule has 0 aromatic heterocycles. The molecule has 126 valence electrons. The van der Waals surface area contributed by atoms with Gasteiger partial charge < -0.3 is 19.7 Å². The predicted octanol–water partition coefficient (Wildman–Crippen LogP) is 3.11. The largest absolute Gasteiger partial charge is 0.497 e. The molecule has 0 saturated carbocycles. The first kappa shape index (κ1) is 18.0. The molecule has 1 unspecified atom stereocenters. The van der Waals surface area contributed by atoms with Gasteiger partial charge in [0.05, 0.1) is 22.3 Å². The van der Waals surface area contributed by atoms with Crippen LogP contribution in [0.3, 0.4) is 0 Å². The van der Waals surface area contributed by atoms with E-state index < -0.39 is 36.3 Å². The van der Waals surface area contributed by atoms with Gasteiger partial charge in [-0.05, 0) is 40.2 Å². The maximum Gasteiger partial charge on any atom is 0.497 e. The van der Waals surface area contributed by atoms with Crippen LogP contribution in [0.1, 0.15) is 46.2 Å². The molecule has 0 bridgehead atoms. The Morgan fingerprint density at radius 2 is 1.83 bits per heavy atom. The lowest BCUT2D eigenvalue weighted by atomic mass is 9.78. The number of carboxylic acid groups (broad SMARTS) is 1. The Kier molecular flexibility index (Phi) is 4.68. The van der Waals surface area contributed by atoms with Crippen LogP contribution in [0.25, 0.3) is 0 Å². The Morgan fingerprint density at radius 1 is 1.30 bits per heavy atom. The first-order valence-corrected chi connectivity index (χ1v) is 7.67. The van der Waals surface area contributed by atoms with E-state index in [1.165, 1.54) is 6.07 Å². The fourth-order valence-electron chi connectivity index (χ4n) is 2.33. The molecule has 0 aliphatic carbocycles. The van der Waals surface area contributed by atoms with Crippen LogP contribution in [0.4, 0.5) is 9.18 Å². The maximum absolute atomic E-state index is 14.6. The van der Waals surface area contributed by atoms with Crippen molar-refractivity contribution in [1.82, 2.24) is 5.32 Å². The third-order valence-electron chi connectivity index (χ3n) is 4.46. The van der Waals surface area contributed by atoms with Crippen molar-refractivity contribution >= 4 is 30.3 Å². The lowest BCUT2D eigenvalue weighted by Crippen LogP contribution is -2.41. The molecular weight excluding hydrogens is 323 g/mol. The first-order chi connectivity index (χ1) is 10.5. The van der Waals surface area contributed by atoms with E-state index in [0.29, 0.717) is 5.56 Å². The Labute approximate surface area is 140 Å². The van der Waals surface area contributed by atoms with E-state index in [1.807, 2.05) is 27.7 Å². The summed E-state index contributed by atoms with van der Waals surface area (Å²) in [6, 6.07) is 2.45. The van der Waals surface area contributed by atoms with Gasteiger partial charge in [-0.2, -0.15) is 0 Å². The third kappa shape index (κ3) is 3.32. The van der Waals surface area contributed by atoms with Gasteiger partial charge in [0.2, 0.25) is 0 Å². The van der Waals surface area contributed by atoms with Gasteiger partial charge in [0.15, 0.2) is 0 Å². The zero-order valence-corrected chi connectivity index (χ0v) is 14.5. The summed E-state index contributed by atoms with van der Waals surface area (Å²) in [6.07, 6.45) is -1.20. The van der Waals surface area contributed by atoms with Crippen molar-refractivity contribution in [3.63, 3.8) is 0 Å². The summed E-state index contributed by atoms with van der Waals surface area (Å²) in [5.41, 5.74) is -0.632. The number of halogens is 2. The van der Waals surface area contributed by atoms with E-state index in [0.717, 1.165) is 0 Å². The molecule has 23 heavy (non-hydrogen) atoms. The lowest BCUT2D eigenvalue weighted by Gasteiger charge is -2.32. The maximum atomic E-state index is 14.6. The highest BCUT2D eigenvalue weighted by atomic mass is 35.5. The fourth-order valence-corrected chi connectivity index (χ4v) is 2.66. The standard InChI is InChI=1S/C15H20BClFNO4/c1-8(19-13(20)21)9-6-7-10(12(18)11(9)17)16-22-14(2,3)15(4,5)23-16/h6-8,19H,1-5H3,(H,20,21). The van der Waals surface area contributed by atoms with Crippen molar-refractivity contribution < 1.29 is 23.6 Å². The highest BCUT2D eigenvalue weighted by molar-refractivity contribution is 6.62. The molecule has 0 radical (unpaired) electrons. The Bertz CT molecular complexity index is 622. The number of benzene rings is 1. The Morgan fingerprint density at radius 3 is 2.30 bits per heavy atom. The van der Waals surface area contributed by atoms with Gasteiger partial charge in [0.25, 0.3) is 0 Å². The van der Waals surface area contributed by atoms with E-state index in [9.17, 15) is 9.18 Å².